The van der Waals surface area contributed by atoms with Crippen LogP contribution < -0.4 is 0 Å². The van der Waals surface area contributed by atoms with Gasteiger partial charge in [-0.15, -0.1) is 0 Å². The van der Waals surface area contributed by atoms with Crippen LogP contribution in [0.4, 0.5) is 0 Å². The number of rotatable bonds is 4. The molecular weight excluding hydrogens is 180 g/mol. The molecule has 0 aliphatic heterocycles. The van der Waals surface area contributed by atoms with Crippen LogP contribution in [0.15, 0.2) is 4.52 Å². The van der Waals surface area contributed by atoms with E-state index in [0.29, 0.717) is 18.1 Å². The van der Waals surface area contributed by atoms with E-state index in [1.807, 2.05) is 27.7 Å². The van der Waals surface area contributed by atoms with Crippen molar-refractivity contribution in [1.82, 2.24) is 10.1 Å². The summed E-state index contributed by atoms with van der Waals surface area (Å²) in [6, 6.07) is 0. The van der Waals surface area contributed by atoms with Crippen LogP contribution in [-0.2, 0) is 0 Å². The predicted molar refractivity (Wildman–Crippen MR) is 53.1 cm³/mol. The van der Waals surface area contributed by atoms with E-state index in [1.165, 1.54) is 0 Å². The topological polar surface area (TPSA) is 59.2 Å². The summed E-state index contributed by atoms with van der Waals surface area (Å²) in [7, 11) is 0. The molecule has 4 nitrogen and oxygen atoms in total. The Morgan fingerprint density at radius 1 is 1.36 bits per heavy atom. The van der Waals surface area contributed by atoms with Gasteiger partial charge < -0.3 is 9.63 Å². The summed E-state index contributed by atoms with van der Waals surface area (Å²) in [5.74, 6) is 1.41. The third kappa shape index (κ3) is 2.32. The molecule has 1 rings (SSSR count). The molecule has 0 spiro atoms. The molecule has 0 aliphatic carbocycles. The molecule has 0 radical (unpaired) electrons. The molecule has 14 heavy (non-hydrogen) atoms. The van der Waals surface area contributed by atoms with Gasteiger partial charge in [-0.25, -0.2) is 0 Å². The minimum atomic E-state index is -0.407. The quantitative estimate of drug-likeness (QED) is 0.804. The monoisotopic (exact) mass is 198 g/mol. The molecule has 4 heteroatoms. The molecule has 2 unspecified atom stereocenters. The Balaban J connectivity index is 2.76. The van der Waals surface area contributed by atoms with Crippen LogP contribution in [0.3, 0.4) is 0 Å². The summed E-state index contributed by atoms with van der Waals surface area (Å²) in [5, 5.41) is 13.5. The number of nitrogens with zero attached hydrogens (tertiary/aromatic N) is 2. The lowest BCUT2D eigenvalue weighted by Gasteiger charge is -2.11. The van der Waals surface area contributed by atoms with Crippen LogP contribution in [0.5, 0.6) is 0 Å². The third-order valence-electron chi connectivity index (χ3n) is 2.36. The number of hydrogen-bond donors (Lipinski definition) is 1. The third-order valence-corrected chi connectivity index (χ3v) is 2.36. The van der Waals surface area contributed by atoms with E-state index >= 15 is 0 Å². The maximum Gasteiger partial charge on any atom is 0.232 e. The van der Waals surface area contributed by atoms with Crippen LogP contribution in [0.2, 0.25) is 0 Å². The zero-order chi connectivity index (χ0) is 10.7. The molecule has 0 saturated heterocycles. The van der Waals surface area contributed by atoms with E-state index in [9.17, 15) is 5.11 Å². The average molecular weight is 198 g/mol. The second-order valence-corrected chi connectivity index (χ2v) is 3.91. The van der Waals surface area contributed by atoms with Gasteiger partial charge >= 0.3 is 0 Å². The molecule has 0 saturated carbocycles. The molecule has 0 amide bonds. The van der Waals surface area contributed by atoms with Gasteiger partial charge in [-0.3, -0.25) is 0 Å². The predicted octanol–water partition coefficient (Wildman–Crippen LogP) is 2.07. The standard InChI is InChI=1S/C10H18N2O2/c1-5-8(13)7(4)10-11-9(6(2)3)12-14-10/h6-8,13H,5H2,1-4H3. The van der Waals surface area contributed by atoms with Crippen molar-refractivity contribution in [3.8, 4) is 0 Å². The van der Waals surface area contributed by atoms with Crippen LogP contribution in [0.1, 0.15) is 57.7 Å². The van der Waals surface area contributed by atoms with E-state index in [4.69, 9.17) is 4.52 Å². The van der Waals surface area contributed by atoms with Crippen molar-refractivity contribution >= 4 is 0 Å². The first-order valence-electron chi connectivity index (χ1n) is 5.07. The smallest absolute Gasteiger partial charge is 0.232 e. The Bertz CT molecular complexity index is 283. The Kier molecular flexibility index (Phi) is 3.63. The van der Waals surface area contributed by atoms with Gasteiger partial charge in [-0.05, 0) is 6.42 Å². The Morgan fingerprint density at radius 2 is 2.00 bits per heavy atom. The van der Waals surface area contributed by atoms with Crippen LogP contribution in [0.25, 0.3) is 0 Å². The highest BCUT2D eigenvalue weighted by Gasteiger charge is 2.21. The Hall–Kier alpha value is -0.900. The number of hydrogen-bond acceptors (Lipinski definition) is 4. The Labute approximate surface area is 84.3 Å². The highest BCUT2D eigenvalue weighted by Crippen LogP contribution is 2.21. The molecule has 80 valence electrons. The normalized spacial score (nSPS) is 15.9. The molecule has 0 bridgehead atoms. The zero-order valence-corrected chi connectivity index (χ0v) is 9.19. The van der Waals surface area contributed by atoms with Gasteiger partial charge in [0.25, 0.3) is 0 Å². The van der Waals surface area contributed by atoms with Crippen LogP contribution in [-0.4, -0.2) is 21.4 Å². The lowest BCUT2D eigenvalue weighted by molar-refractivity contribution is 0.129. The zero-order valence-electron chi connectivity index (χ0n) is 9.19. The summed E-state index contributed by atoms with van der Waals surface area (Å²) in [6.45, 7) is 7.85. The number of aromatic nitrogens is 2. The molecule has 1 N–H and O–H groups in total. The van der Waals surface area contributed by atoms with Crippen molar-refractivity contribution in [3.63, 3.8) is 0 Å². The molecule has 1 aromatic heterocycles. The molecule has 1 heterocycles. The fourth-order valence-electron chi connectivity index (χ4n) is 1.18. The van der Waals surface area contributed by atoms with E-state index in [1.54, 1.807) is 0 Å². The fourth-order valence-corrected chi connectivity index (χ4v) is 1.18. The Morgan fingerprint density at radius 3 is 2.43 bits per heavy atom. The minimum Gasteiger partial charge on any atom is -0.392 e. The summed E-state index contributed by atoms with van der Waals surface area (Å²) < 4.78 is 5.09. The van der Waals surface area contributed by atoms with Crippen molar-refractivity contribution < 1.29 is 9.63 Å². The maximum atomic E-state index is 9.60. The summed E-state index contributed by atoms with van der Waals surface area (Å²) in [4.78, 5) is 4.24. The maximum absolute atomic E-state index is 9.60. The number of aliphatic hydroxyl groups is 1. The van der Waals surface area contributed by atoms with Gasteiger partial charge in [0.2, 0.25) is 5.89 Å². The summed E-state index contributed by atoms with van der Waals surface area (Å²) in [6.07, 6.45) is 0.288. The number of aliphatic hydroxyl groups excluding tert-OH is 1. The van der Waals surface area contributed by atoms with Gasteiger partial charge in [0.1, 0.15) is 0 Å². The fraction of sp³-hybridized carbons (Fsp3) is 0.800. The molecule has 0 aromatic carbocycles. The highest BCUT2D eigenvalue weighted by molar-refractivity contribution is 4.97. The van der Waals surface area contributed by atoms with Gasteiger partial charge in [-0.1, -0.05) is 32.9 Å². The largest absolute Gasteiger partial charge is 0.392 e. The SMILES string of the molecule is CCC(O)C(C)c1nc(C(C)C)no1. The molecule has 2 atom stereocenters. The second-order valence-electron chi connectivity index (χ2n) is 3.91. The van der Waals surface area contributed by atoms with Crippen LogP contribution >= 0.6 is 0 Å². The summed E-state index contributed by atoms with van der Waals surface area (Å²) >= 11 is 0. The lowest BCUT2D eigenvalue weighted by atomic mass is 10.0. The second kappa shape index (κ2) is 4.55. The molecule has 0 fully saturated rings. The van der Waals surface area contributed by atoms with E-state index in [0.717, 1.165) is 0 Å². The molecule has 0 aliphatic rings. The van der Waals surface area contributed by atoms with Crippen molar-refractivity contribution in [1.29, 1.82) is 0 Å². The van der Waals surface area contributed by atoms with Crippen molar-refractivity contribution in [3.05, 3.63) is 11.7 Å². The minimum absolute atomic E-state index is 0.0833. The summed E-state index contributed by atoms with van der Waals surface area (Å²) in [5.41, 5.74) is 0. The van der Waals surface area contributed by atoms with Crippen molar-refractivity contribution in [2.75, 3.05) is 0 Å². The van der Waals surface area contributed by atoms with Gasteiger partial charge in [-0.2, -0.15) is 4.98 Å². The molecular formula is C10H18N2O2. The first-order valence-corrected chi connectivity index (χ1v) is 5.07. The van der Waals surface area contributed by atoms with Crippen molar-refractivity contribution in [2.45, 2.75) is 52.1 Å². The average Bonchev–Trinajstić information content (AvgIpc) is 2.64. The van der Waals surface area contributed by atoms with E-state index < -0.39 is 6.10 Å². The first kappa shape index (κ1) is 11.2. The van der Waals surface area contributed by atoms with Gasteiger partial charge in [0.15, 0.2) is 5.82 Å². The van der Waals surface area contributed by atoms with Crippen molar-refractivity contribution in [2.24, 2.45) is 0 Å². The van der Waals surface area contributed by atoms with Crippen LogP contribution in [0, 0.1) is 0 Å². The molecule has 1 aromatic rings. The lowest BCUT2D eigenvalue weighted by Crippen LogP contribution is -2.14. The van der Waals surface area contributed by atoms with E-state index in [-0.39, 0.29) is 11.8 Å². The highest BCUT2D eigenvalue weighted by atomic mass is 16.5. The first-order chi connectivity index (χ1) is 6.56. The van der Waals surface area contributed by atoms with Gasteiger partial charge in [0, 0.05) is 5.92 Å². The van der Waals surface area contributed by atoms with Gasteiger partial charge in [0.05, 0.1) is 12.0 Å². The van der Waals surface area contributed by atoms with E-state index in [2.05, 4.69) is 10.1 Å².